The lowest BCUT2D eigenvalue weighted by atomic mass is 9.76. The second kappa shape index (κ2) is 5.74. The van der Waals surface area contributed by atoms with Crippen molar-refractivity contribution in [2.24, 2.45) is 11.8 Å². The van der Waals surface area contributed by atoms with Gasteiger partial charge in [-0.25, -0.2) is 0 Å². The lowest BCUT2D eigenvalue weighted by Gasteiger charge is -2.27. The summed E-state index contributed by atoms with van der Waals surface area (Å²) in [6.45, 7) is 2.24. The first kappa shape index (κ1) is 13.3. The molecule has 1 heterocycles. The Bertz CT molecular complexity index is 614. The van der Waals surface area contributed by atoms with Crippen molar-refractivity contribution in [3.05, 3.63) is 42.1 Å². The molecule has 2 aromatic rings. The summed E-state index contributed by atoms with van der Waals surface area (Å²) in [4.78, 5) is 16.6. The van der Waals surface area contributed by atoms with Gasteiger partial charge < -0.3 is 0 Å². The van der Waals surface area contributed by atoms with E-state index in [1.807, 2.05) is 24.4 Å². The third kappa shape index (κ3) is 2.60. The van der Waals surface area contributed by atoms with Gasteiger partial charge in [-0.1, -0.05) is 31.5 Å². The van der Waals surface area contributed by atoms with E-state index in [1.54, 1.807) is 0 Å². The van der Waals surface area contributed by atoms with Crippen molar-refractivity contribution in [3.63, 3.8) is 0 Å². The maximum absolute atomic E-state index is 12.2. The summed E-state index contributed by atoms with van der Waals surface area (Å²) in [5.74, 6) is 1.39. The number of benzene rings is 1. The third-order valence-corrected chi connectivity index (χ3v) is 4.66. The molecule has 2 nitrogen and oxygen atoms in total. The zero-order valence-electron chi connectivity index (χ0n) is 12.0. The highest BCUT2D eigenvalue weighted by molar-refractivity contribution is 5.85. The van der Waals surface area contributed by atoms with Crippen molar-refractivity contribution in [2.45, 2.75) is 39.0 Å². The van der Waals surface area contributed by atoms with Gasteiger partial charge in [-0.2, -0.15) is 0 Å². The minimum Gasteiger partial charge on any atom is -0.299 e. The van der Waals surface area contributed by atoms with Crippen LogP contribution >= 0.6 is 0 Å². The summed E-state index contributed by atoms with van der Waals surface area (Å²) in [6, 6.07) is 10.3. The summed E-state index contributed by atoms with van der Waals surface area (Å²) < 4.78 is 0. The van der Waals surface area contributed by atoms with Crippen LogP contribution in [0.2, 0.25) is 0 Å². The van der Waals surface area contributed by atoms with E-state index in [9.17, 15) is 4.79 Å². The van der Waals surface area contributed by atoms with Crippen molar-refractivity contribution in [2.75, 3.05) is 0 Å². The van der Waals surface area contributed by atoms with E-state index < -0.39 is 0 Å². The zero-order chi connectivity index (χ0) is 13.9. The highest BCUT2D eigenvalue weighted by Gasteiger charge is 2.28. The second-order valence-electron chi connectivity index (χ2n) is 5.90. The number of pyridine rings is 1. The number of rotatable bonds is 3. The van der Waals surface area contributed by atoms with E-state index in [-0.39, 0.29) is 5.92 Å². The van der Waals surface area contributed by atoms with E-state index >= 15 is 0 Å². The van der Waals surface area contributed by atoms with Gasteiger partial charge in [0.2, 0.25) is 0 Å². The molecule has 3 rings (SSSR count). The van der Waals surface area contributed by atoms with Crippen LogP contribution in [0.15, 0.2) is 36.5 Å². The Morgan fingerprint density at radius 1 is 1.25 bits per heavy atom. The molecular weight excluding hydrogens is 246 g/mol. The molecule has 1 aromatic carbocycles. The maximum atomic E-state index is 12.2. The molecule has 1 aromatic heterocycles. The smallest absolute Gasteiger partial charge is 0.136 e. The summed E-state index contributed by atoms with van der Waals surface area (Å²) in [5, 5.41) is 1.20. The molecule has 104 valence electrons. The van der Waals surface area contributed by atoms with Gasteiger partial charge in [0, 0.05) is 23.9 Å². The van der Waals surface area contributed by atoms with E-state index in [0.29, 0.717) is 5.78 Å². The van der Waals surface area contributed by atoms with E-state index in [4.69, 9.17) is 0 Å². The first-order valence-corrected chi connectivity index (χ1v) is 7.63. The topological polar surface area (TPSA) is 30.0 Å². The summed E-state index contributed by atoms with van der Waals surface area (Å²) in [5.41, 5.74) is 2.30. The number of para-hydroxylation sites is 1. The molecule has 0 aliphatic heterocycles. The molecule has 1 aliphatic rings. The van der Waals surface area contributed by atoms with Crippen LogP contribution in [0.3, 0.4) is 0 Å². The molecule has 0 spiro atoms. The lowest BCUT2D eigenvalue weighted by molar-refractivity contribution is -0.125. The largest absolute Gasteiger partial charge is 0.299 e. The molecule has 0 bridgehead atoms. The second-order valence-corrected chi connectivity index (χ2v) is 5.90. The molecule has 1 aliphatic carbocycles. The van der Waals surface area contributed by atoms with Crippen LogP contribution in [0.25, 0.3) is 10.9 Å². The number of hydrogen-bond acceptors (Lipinski definition) is 2. The highest BCUT2D eigenvalue weighted by Crippen LogP contribution is 2.32. The number of ketones is 1. The number of carbonyl (C=O) groups excluding carboxylic acids is 1. The predicted molar refractivity (Wildman–Crippen MR) is 81.6 cm³/mol. The number of Topliss-reactive ketones (excluding diaryl/α,β-unsaturated/α-hetero) is 1. The molecule has 0 amide bonds. The van der Waals surface area contributed by atoms with Crippen LogP contribution in [0.4, 0.5) is 0 Å². The summed E-state index contributed by atoms with van der Waals surface area (Å²) in [6.07, 6.45) is 6.85. The van der Waals surface area contributed by atoms with Crippen LogP contribution in [0, 0.1) is 11.8 Å². The van der Waals surface area contributed by atoms with Gasteiger partial charge >= 0.3 is 0 Å². The Morgan fingerprint density at radius 2 is 2.10 bits per heavy atom. The monoisotopic (exact) mass is 267 g/mol. The predicted octanol–water partition coefficient (Wildman–Crippen LogP) is 4.17. The van der Waals surface area contributed by atoms with Crippen molar-refractivity contribution < 1.29 is 4.79 Å². The number of aromatic nitrogens is 1. The molecule has 1 saturated carbocycles. The average molecular weight is 267 g/mol. The Balaban J connectivity index is 1.87. The number of fused-ring (bicyclic) bond motifs is 1. The van der Waals surface area contributed by atoms with Gasteiger partial charge in [0.25, 0.3) is 0 Å². The van der Waals surface area contributed by atoms with Gasteiger partial charge in [-0.3, -0.25) is 9.78 Å². The molecule has 0 N–H and O–H groups in total. The van der Waals surface area contributed by atoms with Crippen molar-refractivity contribution in [1.82, 2.24) is 4.98 Å². The average Bonchev–Trinajstić information content (AvgIpc) is 2.50. The van der Waals surface area contributed by atoms with E-state index in [2.05, 4.69) is 24.0 Å². The highest BCUT2D eigenvalue weighted by atomic mass is 16.1. The molecule has 2 heteroatoms. The number of hydrogen-bond donors (Lipinski definition) is 0. The fourth-order valence-electron chi connectivity index (χ4n) is 3.37. The van der Waals surface area contributed by atoms with Crippen LogP contribution in [0.1, 0.15) is 38.2 Å². The van der Waals surface area contributed by atoms with Crippen molar-refractivity contribution in [1.29, 1.82) is 0 Å². The SMILES string of the molecule is CCC1CCC(=O)C(Cc2ccnc3ccccc23)C1. The molecule has 1 fully saturated rings. The third-order valence-electron chi connectivity index (χ3n) is 4.66. The molecule has 2 atom stereocenters. The Kier molecular flexibility index (Phi) is 3.81. The van der Waals surface area contributed by atoms with Crippen LogP contribution in [-0.4, -0.2) is 10.8 Å². The fraction of sp³-hybridized carbons (Fsp3) is 0.444. The molecule has 0 radical (unpaired) electrons. The Morgan fingerprint density at radius 3 is 2.95 bits per heavy atom. The van der Waals surface area contributed by atoms with E-state index in [1.165, 1.54) is 17.4 Å². The van der Waals surface area contributed by atoms with Crippen molar-refractivity contribution >= 4 is 16.7 Å². The van der Waals surface area contributed by atoms with Gasteiger partial charge in [-0.05, 0) is 42.9 Å². The van der Waals surface area contributed by atoms with Gasteiger partial charge in [0.1, 0.15) is 5.78 Å². The van der Waals surface area contributed by atoms with Crippen LogP contribution < -0.4 is 0 Å². The zero-order valence-corrected chi connectivity index (χ0v) is 12.0. The maximum Gasteiger partial charge on any atom is 0.136 e. The Labute approximate surface area is 120 Å². The summed E-state index contributed by atoms with van der Waals surface area (Å²) >= 11 is 0. The number of nitrogens with zero attached hydrogens (tertiary/aromatic N) is 1. The van der Waals surface area contributed by atoms with Gasteiger partial charge in [-0.15, -0.1) is 0 Å². The minimum atomic E-state index is 0.208. The number of carbonyl (C=O) groups is 1. The lowest BCUT2D eigenvalue weighted by Crippen LogP contribution is -2.26. The summed E-state index contributed by atoms with van der Waals surface area (Å²) in [7, 11) is 0. The quantitative estimate of drug-likeness (QED) is 0.835. The van der Waals surface area contributed by atoms with Crippen LogP contribution in [-0.2, 0) is 11.2 Å². The first-order valence-electron chi connectivity index (χ1n) is 7.63. The fourth-order valence-corrected chi connectivity index (χ4v) is 3.37. The Hall–Kier alpha value is -1.70. The molecule has 2 unspecified atom stereocenters. The normalized spacial score (nSPS) is 23.1. The van der Waals surface area contributed by atoms with Crippen molar-refractivity contribution in [3.8, 4) is 0 Å². The standard InChI is InChI=1S/C18H21NO/c1-2-13-7-8-18(20)15(11-13)12-14-9-10-19-17-6-4-3-5-16(14)17/h3-6,9-10,13,15H,2,7-8,11-12H2,1H3. The minimum absolute atomic E-state index is 0.208. The molecule has 20 heavy (non-hydrogen) atoms. The molecule has 0 saturated heterocycles. The molecular formula is C18H21NO. The van der Waals surface area contributed by atoms with Crippen LogP contribution in [0.5, 0.6) is 0 Å². The van der Waals surface area contributed by atoms with E-state index in [0.717, 1.165) is 37.1 Å². The first-order chi connectivity index (χ1) is 9.78. The van der Waals surface area contributed by atoms with Gasteiger partial charge in [0.05, 0.1) is 5.52 Å². The van der Waals surface area contributed by atoms with Gasteiger partial charge in [0.15, 0.2) is 0 Å².